The second-order valence-electron chi connectivity index (χ2n) is 5.69. The summed E-state index contributed by atoms with van der Waals surface area (Å²) in [6.07, 6.45) is 1.76. The molecule has 0 atom stereocenters. The van der Waals surface area contributed by atoms with E-state index in [2.05, 4.69) is 17.1 Å². The summed E-state index contributed by atoms with van der Waals surface area (Å²) >= 11 is 0. The number of carbonyl (C=O) groups excluding carboxylic acids is 1. The Bertz CT molecular complexity index is 431. The maximum atomic E-state index is 11.9. The molecule has 2 rings (SSSR count). The largest absolute Gasteiger partial charge is 0.342 e. The zero-order chi connectivity index (χ0) is 13.3. The highest BCUT2D eigenvalue weighted by molar-refractivity contribution is 5.78. The van der Waals surface area contributed by atoms with Gasteiger partial charge in [0.25, 0.3) is 0 Å². The summed E-state index contributed by atoms with van der Waals surface area (Å²) in [5, 5.41) is 3.85. The summed E-state index contributed by atoms with van der Waals surface area (Å²) in [5.41, 5.74) is -0.0883. The molecule has 1 aliphatic heterocycles. The topological polar surface area (TPSA) is 59.2 Å². The van der Waals surface area contributed by atoms with Gasteiger partial charge in [0, 0.05) is 19.0 Å². The number of nitrogens with zero attached hydrogens (tertiary/aromatic N) is 3. The third-order valence-electron chi connectivity index (χ3n) is 3.72. The third kappa shape index (κ3) is 2.40. The Kier molecular flexibility index (Phi) is 3.41. The van der Waals surface area contributed by atoms with Gasteiger partial charge in [-0.25, -0.2) is 0 Å². The summed E-state index contributed by atoms with van der Waals surface area (Å²) in [5.74, 6) is 1.68. The number of aromatic nitrogens is 2. The first-order chi connectivity index (χ1) is 8.42. The predicted molar refractivity (Wildman–Crippen MR) is 67.0 cm³/mol. The van der Waals surface area contributed by atoms with Crippen LogP contribution in [0.2, 0.25) is 0 Å². The molecule has 1 fully saturated rings. The lowest BCUT2D eigenvalue weighted by molar-refractivity contribution is -0.136. The van der Waals surface area contributed by atoms with Crippen molar-refractivity contribution in [3.8, 4) is 0 Å². The lowest BCUT2D eigenvalue weighted by Gasteiger charge is -2.37. The van der Waals surface area contributed by atoms with Crippen LogP contribution in [-0.4, -0.2) is 34.0 Å². The smallest absolute Gasteiger partial charge is 0.232 e. The van der Waals surface area contributed by atoms with Crippen molar-refractivity contribution in [3.63, 3.8) is 0 Å². The van der Waals surface area contributed by atoms with Crippen molar-refractivity contribution in [1.82, 2.24) is 15.0 Å². The average Bonchev–Trinajstić information content (AvgIpc) is 2.76. The highest BCUT2D eigenvalue weighted by Gasteiger charge is 2.37. The summed E-state index contributed by atoms with van der Waals surface area (Å²) < 4.78 is 5.29. The van der Waals surface area contributed by atoms with Gasteiger partial charge >= 0.3 is 0 Å². The number of hydrogen-bond acceptors (Lipinski definition) is 4. The van der Waals surface area contributed by atoms with E-state index in [-0.39, 0.29) is 17.2 Å². The van der Waals surface area contributed by atoms with Crippen LogP contribution in [0.25, 0.3) is 0 Å². The molecule has 5 nitrogen and oxygen atoms in total. The van der Waals surface area contributed by atoms with E-state index in [1.165, 1.54) is 0 Å². The van der Waals surface area contributed by atoms with Crippen molar-refractivity contribution < 1.29 is 9.32 Å². The Morgan fingerprint density at radius 2 is 2.00 bits per heavy atom. The van der Waals surface area contributed by atoms with Gasteiger partial charge in [0.05, 0.1) is 5.41 Å². The minimum absolute atomic E-state index is 0.0694. The zero-order valence-corrected chi connectivity index (χ0v) is 11.6. The summed E-state index contributed by atoms with van der Waals surface area (Å²) in [4.78, 5) is 18.2. The summed E-state index contributed by atoms with van der Waals surface area (Å²) in [6, 6.07) is 0. The molecule has 5 heteroatoms. The minimum atomic E-state index is -0.0883. The van der Waals surface area contributed by atoms with Gasteiger partial charge in [-0.15, -0.1) is 0 Å². The molecule has 0 saturated carbocycles. The molecule has 0 radical (unpaired) electrons. The molecule has 0 unspecified atom stereocenters. The van der Waals surface area contributed by atoms with Crippen molar-refractivity contribution in [2.75, 3.05) is 13.1 Å². The Hall–Kier alpha value is -1.39. The van der Waals surface area contributed by atoms with Crippen LogP contribution in [0.5, 0.6) is 0 Å². The monoisotopic (exact) mass is 251 g/mol. The van der Waals surface area contributed by atoms with Crippen LogP contribution < -0.4 is 0 Å². The summed E-state index contributed by atoms with van der Waals surface area (Å²) in [7, 11) is 0. The molecule has 1 amide bonds. The number of likely N-dealkylation sites (tertiary alicyclic amines) is 1. The van der Waals surface area contributed by atoms with E-state index in [0.29, 0.717) is 11.7 Å². The summed E-state index contributed by atoms with van der Waals surface area (Å²) in [6.45, 7) is 9.39. The minimum Gasteiger partial charge on any atom is -0.342 e. The van der Waals surface area contributed by atoms with Gasteiger partial charge in [-0.05, 0) is 19.8 Å². The number of amides is 1. The number of hydrogen-bond donors (Lipinski definition) is 0. The van der Waals surface area contributed by atoms with Gasteiger partial charge in [0.2, 0.25) is 11.8 Å². The predicted octanol–water partition coefficient (Wildman–Crippen LogP) is 1.91. The Balaban J connectivity index is 2.03. The van der Waals surface area contributed by atoms with Crippen LogP contribution in [-0.2, 0) is 10.2 Å². The Labute approximate surface area is 108 Å². The molecule has 100 valence electrons. The Morgan fingerprint density at radius 1 is 1.39 bits per heavy atom. The second-order valence-corrected chi connectivity index (χ2v) is 5.69. The van der Waals surface area contributed by atoms with Gasteiger partial charge in [0.1, 0.15) is 0 Å². The third-order valence-corrected chi connectivity index (χ3v) is 3.72. The molecule has 0 spiro atoms. The van der Waals surface area contributed by atoms with Crippen LogP contribution in [0.4, 0.5) is 0 Å². The number of rotatable bonds is 2. The van der Waals surface area contributed by atoms with E-state index >= 15 is 0 Å². The molecular weight excluding hydrogens is 230 g/mol. The first kappa shape index (κ1) is 13.1. The normalized spacial score (nSPS) is 19.3. The Morgan fingerprint density at radius 3 is 2.44 bits per heavy atom. The number of piperidine rings is 1. The number of aryl methyl sites for hydroxylation is 1. The SMILES string of the molecule is Cc1noc(C2(C)CCN(C(=O)C(C)C)CC2)n1. The molecule has 0 aliphatic carbocycles. The average molecular weight is 251 g/mol. The van der Waals surface area contributed by atoms with E-state index in [1.54, 1.807) is 0 Å². The first-order valence-corrected chi connectivity index (χ1v) is 6.52. The van der Waals surface area contributed by atoms with E-state index in [0.717, 1.165) is 25.9 Å². The second kappa shape index (κ2) is 4.71. The van der Waals surface area contributed by atoms with Crippen LogP contribution in [0.15, 0.2) is 4.52 Å². The number of carbonyl (C=O) groups is 1. The fourth-order valence-corrected chi connectivity index (χ4v) is 2.34. The fourth-order valence-electron chi connectivity index (χ4n) is 2.34. The molecule has 0 bridgehead atoms. The highest BCUT2D eigenvalue weighted by Crippen LogP contribution is 2.34. The maximum Gasteiger partial charge on any atom is 0.232 e. The lowest BCUT2D eigenvalue weighted by Crippen LogP contribution is -2.45. The standard InChI is InChI=1S/C13H21N3O2/c1-9(2)11(17)16-7-5-13(4,6-8-16)12-14-10(3)15-18-12/h9H,5-8H2,1-4H3. The van der Waals surface area contributed by atoms with Crippen LogP contribution in [0, 0.1) is 12.8 Å². The molecule has 0 aromatic carbocycles. The van der Waals surface area contributed by atoms with Crippen LogP contribution in [0.3, 0.4) is 0 Å². The molecule has 2 heterocycles. The van der Waals surface area contributed by atoms with Gasteiger partial charge in [0.15, 0.2) is 5.82 Å². The molecule has 0 N–H and O–H groups in total. The maximum absolute atomic E-state index is 11.9. The fraction of sp³-hybridized carbons (Fsp3) is 0.769. The van der Waals surface area contributed by atoms with E-state index in [1.807, 2.05) is 25.7 Å². The van der Waals surface area contributed by atoms with Crippen molar-refractivity contribution >= 4 is 5.91 Å². The van der Waals surface area contributed by atoms with Gasteiger partial charge < -0.3 is 9.42 Å². The molecular formula is C13H21N3O2. The molecule has 1 aliphatic rings. The van der Waals surface area contributed by atoms with Gasteiger partial charge in [-0.1, -0.05) is 25.9 Å². The van der Waals surface area contributed by atoms with Crippen molar-refractivity contribution in [2.45, 2.75) is 46.0 Å². The van der Waals surface area contributed by atoms with Crippen LogP contribution >= 0.6 is 0 Å². The highest BCUT2D eigenvalue weighted by atomic mass is 16.5. The van der Waals surface area contributed by atoms with E-state index in [4.69, 9.17) is 4.52 Å². The van der Waals surface area contributed by atoms with Crippen molar-refractivity contribution in [3.05, 3.63) is 11.7 Å². The van der Waals surface area contributed by atoms with Gasteiger partial charge in [-0.3, -0.25) is 4.79 Å². The van der Waals surface area contributed by atoms with E-state index in [9.17, 15) is 4.79 Å². The van der Waals surface area contributed by atoms with E-state index < -0.39 is 0 Å². The zero-order valence-electron chi connectivity index (χ0n) is 11.6. The lowest BCUT2D eigenvalue weighted by atomic mass is 9.80. The van der Waals surface area contributed by atoms with Crippen molar-refractivity contribution in [1.29, 1.82) is 0 Å². The molecule has 1 aromatic heterocycles. The molecule has 18 heavy (non-hydrogen) atoms. The quantitative estimate of drug-likeness (QED) is 0.805. The van der Waals surface area contributed by atoms with Crippen LogP contribution in [0.1, 0.15) is 45.3 Å². The molecule has 1 aromatic rings. The van der Waals surface area contributed by atoms with Crippen molar-refractivity contribution in [2.24, 2.45) is 5.92 Å². The first-order valence-electron chi connectivity index (χ1n) is 6.52. The molecule has 1 saturated heterocycles. The van der Waals surface area contributed by atoms with Gasteiger partial charge in [-0.2, -0.15) is 4.98 Å².